The largest absolute Gasteiger partial charge is 0.464 e. The highest BCUT2D eigenvalue weighted by Crippen LogP contribution is 2.19. The molecule has 0 bridgehead atoms. The van der Waals surface area contributed by atoms with Crippen LogP contribution in [-0.4, -0.2) is 17.3 Å². The highest BCUT2D eigenvalue weighted by atomic mass is 16.6. The Kier molecular flexibility index (Phi) is 5.23. The third kappa shape index (κ3) is 4.28. The fraction of sp³-hybridized carbons (Fsp3) is 0.308. The number of hydrogen-bond acceptors (Lipinski definition) is 3. The quantitative estimate of drug-likeness (QED) is 0.430. The Hall–Kier alpha value is -1.81. The van der Waals surface area contributed by atoms with Crippen molar-refractivity contribution in [2.45, 2.75) is 25.6 Å². The number of rotatable bonds is 7. The van der Waals surface area contributed by atoms with Crippen LogP contribution in [0.5, 0.6) is 5.75 Å². The van der Waals surface area contributed by atoms with E-state index in [1.807, 2.05) is 0 Å². The number of aliphatic hydroxyl groups is 1. The summed E-state index contributed by atoms with van der Waals surface area (Å²) in [5.74, 6) is -0.259. The lowest BCUT2D eigenvalue weighted by Crippen LogP contribution is -2.19. The number of benzene rings is 1. The number of para-hydroxylation sites is 1. The molecule has 1 rings (SSSR count). The van der Waals surface area contributed by atoms with Gasteiger partial charge in [-0.15, -0.1) is 6.58 Å². The van der Waals surface area contributed by atoms with Crippen molar-refractivity contribution >= 4 is 5.91 Å². The van der Waals surface area contributed by atoms with E-state index in [9.17, 15) is 9.90 Å². The zero-order chi connectivity index (χ0) is 12.7. The topological polar surface area (TPSA) is 72.6 Å². The summed E-state index contributed by atoms with van der Waals surface area (Å²) < 4.78 is 5.27. The van der Waals surface area contributed by atoms with Gasteiger partial charge in [-0.3, -0.25) is 4.79 Å². The lowest BCUT2D eigenvalue weighted by molar-refractivity contribution is -0.0243. The van der Waals surface area contributed by atoms with Gasteiger partial charge in [0.2, 0.25) is 0 Å². The molecule has 0 saturated carbocycles. The van der Waals surface area contributed by atoms with Crippen LogP contribution >= 0.6 is 0 Å². The van der Waals surface area contributed by atoms with E-state index in [0.717, 1.165) is 12.8 Å². The maximum atomic E-state index is 11.1. The van der Waals surface area contributed by atoms with Crippen molar-refractivity contribution in [1.82, 2.24) is 0 Å². The lowest BCUT2D eigenvalue weighted by atomic mass is 10.2. The molecule has 0 aliphatic rings. The van der Waals surface area contributed by atoms with E-state index >= 15 is 0 Å². The van der Waals surface area contributed by atoms with Gasteiger partial charge < -0.3 is 15.6 Å². The average molecular weight is 235 g/mol. The molecule has 3 N–H and O–H groups in total. The van der Waals surface area contributed by atoms with Crippen LogP contribution in [0.4, 0.5) is 0 Å². The molecule has 1 aromatic carbocycles. The summed E-state index contributed by atoms with van der Waals surface area (Å²) in [7, 11) is 0. The van der Waals surface area contributed by atoms with Gasteiger partial charge >= 0.3 is 0 Å². The van der Waals surface area contributed by atoms with Crippen LogP contribution in [-0.2, 0) is 0 Å². The summed E-state index contributed by atoms with van der Waals surface area (Å²) >= 11 is 0. The second-order valence-electron chi connectivity index (χ2n) is 3.65. The van der Waals surface area contributed by atoms with Crippen molar-refractivity contribution < 1.29 is 14.6 Å². The smallest absolute Gasteiger partial charge is 0.252 e. The van der Waals surface area contributed by atoms with Crippen molar-refractivity contribution in [3.63, 3.8) is 0 Å². The molecule has 0 fully saturated rings. The third-order valence-electron chi connectivity index (χ3n) is 2.27. The molecule has 92 valence electrons. The Morgan fingerprint density at radius 1 is 1.53 bits per heavy atom. The molecule has 0 spiro atoms. The van der Waals surface area contributed by atoms with E-state index in [1.165, 1.54) is 0 Å². The Bertz CT molecular complexity index is 390. The van der Waals surface area contributed by atoms with Gasteiger partial charge in [-0.25, -0.2) is 0 Å². The van der Waals surface area contributed by atoms with E-state index < -0.39 is 12.2 Å². The molecular formula is C13H17NO3. The molecule has 0 saturated heterocycles. The van der Waals surface area contributed by atoms with Crippen LogP contribution in [0, 0.1) is 0 Å². The number of aliphatic hydroxyl groups excluding tert-OH is 1. The molecule has 0 aliphatic heterocycles. The number of allylic oxidation sites excluding steroid dienone is 1. The number of hydrogen-bond donors (Lipinski definition) is 2. The molecule has 17 heavy (non-hydrogen) atoms. The Balaban J connectivity index is 2.61. The number of carbonyl (C=O) groups is 1. The highest BCUT2D eigenvalue weighted by molar-refractivity contribution is 5.95. The van der Waals surface area contributed by atoms with Crippen LogP contribution < -0.4 is 10.5 Å². The molecule has 1 atom stereocenters. The molecule has 1 amide bonds. The normalized spacial score (nSPS) is 11.8. The molecule has 1 unspecified atom stereocenters. The number of ether oxygens (including phenoxy) is 1. The summed E-state index contributed by atoms with van der Waals surface area (Å²) in [6, 6.07) is 6.58. The van der Waals surface area contributed by atoms with E-state index in [4.69, 9.17) is 10.5 Å². The minimum atomic E-state index is -0.935. The Labute approximate surface area is 101 Å². The summed E-state index contributed by atoms with van der Waals surface area (Å²) in [6.07, 6.45) is 2.93. The molecule has 1 aromatic rings. The first kappa shape index (κ1) is 13.3. The molecule has 0 aromatic heterocycles. The van der Waals surface area contributed by atoms with E-state index in [0.29, 0.717) is 12.2 Å². The first-order valence-electron chi connectivity index (χ1n) is 5.49. The van der Waals surface area contributed by atoms with Crippen LogP contribution in [0.25, 0.3) is 0 Å². The zero-order valence-corrected chi connectivity index (χ0v) is 9.63. The number of primary amides is 1. The van der Waals surface area contributed by atoms with Gasteiger partial charge in [-0.1, -0.05) is 18.2 Å². The van der Waals surface area contributed by atoms with E-state index in [-0.39, 0.29) is 5.56 Å². The van der Waals surface area contributed by atoms with Gasteiger partial charge in [-0.2, -0.15) is 0 Å². The van der Waals surface area contributed by atoms with Gasteiger partial charge in [-0.05, 0) is 25.0 Å². The number of unbranched alkanes of at least 4 members (excludes halogenated alkanes) is 1. The van der Waals surface area contributed by atoms with Gasteiger partial charge in [0.1, 0.15) is 5.75 Å². The summed E-state index contributed by atoms with van der Waals surface area (Å²) in [6.45, 7) is 3.60. The van der Waals surface area contributed by atoms with E-state index in [2.05, 4.69) is 6.58 Å². The first-order chi connectivity index (χ1) is 8.15. The predicted molar refractivity (Wildman–Crippen MR) is 65.6 cm³/mol. The zero-order valence-electron chi connectivity index (χ0n) is 9.63. The SMILES string of the molecule is C=CCCCC(O)Oc1ccccc1C(N)=O. The van der Waals surface area contributed by atoms with Crippen molar-refractivity contribution in [3.05, 3.63) is 42.5 Å². The second-order valence-corrected chi connectivity index (χ2v) is 3.65. The molecule has 4 heteroatoms. The maximum absolute atomic E-state index is 11.1. The Morgan fingerprint density at radius 2 is 2.24 bits per heavy atom. The molecule has 0 aliphatic carbocycles. The van der Waals surface area contributed by atoms with Crippen molar-refractivity contribution in [2.24, 2.45) is 5.73 Å². The lowest BCUT2D eigenvalue weighted by Gasteiger charge is -2.14. The summed E-state index contributed by atoms with van der Waals surface area (Å²) in [5.41, 5.74) is 5.47. The fourth-order valence-corrected chi connectivity index (χ4v) is 1.42. The molecule has 0 heterocycles. The summed E-state index contributed by atoms with van der Waals surface area (Å²) in [5, 5.41) is 9.63. The van der Waals surface area contributed by atoms with E-state index in [1.54, 1.807) is 30.3 Å². The van der Waals surface area contributed by atoms with Crippen LogP contribution in [0.15, 0.2) is 36.9 Å². The molecular weight excluding hydrogens is 218 g/mol. The fourth-order valence-electron chi connectivity index (χ4n) is 1.42. The second kappa shape index (κ2) is 6.70. The van der Waals surface area contributed by atoms with Crippen molar-refractivity contribution in [2.75, 3.05) is 0 Å². The van der Waals surface area contributed by atoms with Gasteiger partial charge in [0, 0.05) is 6.42 Å². The first-order valence-corrected chi connectivity index (χ1v) is 5.49. The van der Waals surface area contributed by atoms with Gasteiger partial charge in [0.05, 0.1) is 5.56 Å². The highest BCUT2D eigenvalue weighted by Gasteiger charge is 2.12. The number of amides is 1. The molecule has 0 radical (unpaired) electrons. The Morgan fingerprint density at radius 3 is 2.88 bits per heavy atom. The van der Waals surface area contributed by atoms with Gasteiger partial charge in [0.25, 0.3) is 5.91 Å². The van der Waals surface area contributed by atoms with Crippen LogP contribution in [0.3, 0.4) is 0 Å². The minimum Gasteiger partial charge on any atom is -0.464 e. The number of carbonyl (C=O) groups excluding carboxylic acids is 1. The third-order valence-corrected chi connectivity index (χ3v) is 2.27. The average Bonchev–Trinajstić information content (AvgIpc) is 2.29. The van der Waals surface area contributed by atoms with Crippen LogP contribution in [0.2, 0.25) is 0 Å². The monoisotopic (exact) mass is 235 g/mol. The number of nitrogens with two attached hydrogens (primary N) is 1. The minimum absolute atomic E-state index is 0.273. The maximum Gasteiger partial charge on any atom is 0.252 e. The van der Waals surface area contributed by atoms with Gasteiger partial charge in [0.15, 0.2) is 6.29 Å². The van der Waals surface area contributed by atoms with Crippen molar-refractivity contribution in [3.8, 4) is 5.75 Å². The predicted octanol–water partition coefficient (Wildman–Crippen LogP) is 1.84. The van der Waals surface area contributed by atoms with Crippen molar-refractivity contribution in [1.29, 1.82) is 0 Å². The molecule has 4 nitrogen and oxygen atoms in total. The standard InChI is InChI=1S/C13H17NO3/c1-2-3-4-9-12(15)17-11-8-6-5-7-10(11)13(14)16/h2,5-8,12,15H,1,3-4,9H2,(H2,14,16). The van der Waals surface area contributed by atoms with Crippen LogP contribution in [0.1, 0.15) is 29.6 Å². The summed E-state index contributed by atoms with van der Waals surface area (Å²) in [4.78, 5) is 11.1.